The van der Waals surface area contributed by atoms with Gasteiger partial charge >= 0.3 is 6.09 Å². The molecule has 0 radical (unpaired) electrons. The maximum Gasteiger partial charge on any atom is 0.413 e. The van der Waals surface area contributed by atoms with Gasteiger partial charge in [-0.2, -0.15) is 0 Å². The van der Waals surface area contributed by atoms with E-state index in [1.165, 1.54) is 9.58 Å². The lowest BCUT2D eigenvalue weighted by atomic mass is 10.2. The van der Waals surface area contributed by atoms with Gasteiger partial charge in [0, 0.05) is 19.7 Å². The Balaban J connectivity index is 2.13. The molecule has 0 atom stereocenters. The number of aromatic nitrogens is 2. The van der Waals surface area contributed by atoms with E-state index in [1.54, 1.807) is 13.1 Å². The molecule has 2 rings (SSSR count). The molecule has 0 aliphatic heterocycles. The lowest BCUT2D eigenvalue weighted by Gasteiger charge is -2.18. The molecular weight excluding hydrogens is 296 g/mol. The highest BCUT2D eigenvalue weighted by molar-refractivity contribution is 5.85. The molecule has 1 N–H and O–H groups in total. The van der Waals surface area contributed by atoms with Gasteiger partial charge in [0.25, 0.3) is 0 Å². The average Bonchev–Trinajstić information content (AvgIpc) is 2.86. The molecule has 2 aromatic rings. The summed E-state index contributed by atoms with van der Waals surface area (Å²) in [5.41, 5.74) is 0.908. The second-order valence-corrected chi connectivity index (χ2v) is 5.47. The summed E-state index contributed by atoms with van der Waals surface area (Å²) in [7, 11) is 5.62. The van der Waals surface area contributed by atoms with Gasteiger partial charge in [-0.3, -0.25) is 4.90 Å². The zero-order valence-electron chi connectivity index (χ0n) is 13.6. The molecule has 0 spiro atoms. The van der Waals surface area contributed by atoms with Crippen LogP contribution in [0.1, 0.15) is 5.56 Å². The Hall–Kier alpha value is -2.54. The van der Waals surface area contributed by atoms with Crippen LogP contribution in [0.2, 0.25) is 0 Å². The molecule has 0 aliphatic rings. The summed E-state index contributed by atoms with van der Waals surface area (Å²) in [5, 5.41) is 13.7. The highest BCUT2D eigenvalue weighted by Gasteiger charge is 2.20. The molecule has 0 bridgehead atoms. The van der Waals surface area contributed by atoms with Gasteiger partial charge in [0.05, 0.1) is 6.54 Å². The molecule has 0 saturated heterocycles. The summed E-state index contributed by atoms with van der Waals surface area (Å²) in [4.78, 5) is 14.9. The van der Waals surface area contributed by atoms with Crippen LogP contribution < -0.4 is 9.64 Å². The molecule has 0 aliphatic carbocycles. The van der Waals surface area contributed by atoms with Gasteiger partial charge < -0.3 is 14.7 Å². The number of ether oxygens (including phenoxy) is 1. The third kappa shape index (κ3) is 4.72. The van der Waals surface area contributed by atoms with Crippen LogP contribution in [0.25, 0.3) is 0 Å². The molecule has 1 aromatic heterocycles. The van der Waals surface area contributed by atoms with E-state index in [1.807, 2.05) is 49.3 Å². The lowest BCUT2D eigenvalue weighted by molar-refractivity contribution is 0.201. The van der Waals surface area contributed by atoms with E-state index in [2.05, 4.69) is 5.10 Å². The van der Waals surface area contributed by atoms with Gasteiger partial charge in [0.1, 0.15) is 12.4 Å². The van der Waals surface area contributed by atoms with Crippen LogP contribution >= 0.6 is 0 Å². The molecule has 1 aromatic carbocycles. The Morgan fingerprint density at radius 3 is 2.61 bits per heavy atom. The SMILES string of the molecule is CN(C)CCOc1cc(N(Cc2ccccc2)C(=O)O)n(C)n1. The smallest absolute Gasteiger partial charge is 0.413 e. The van der Waals surface area contributed by atoms with Crippen molar-refractivity contribution in [2.45, 2.75) is 6.54 Å². The number of amides is 1. The van der Waals surface area contributed by atoms with E-state index in [9.17, 15) is 9.90 Å². The Morgan fingerprint density at radius 1 is 1.30 bits per heavy atom. The molecule has 1 amide bonds. The van der Waals surface area contributed by atoms with Gasteiger partial charge in [-0.1, -0.05) is 30.3 Å². The Labute approximate surface area is 135 Å². The maximum absolute atomic E-state index is 11.6. The predicted octanol–water partition coefficient (Wildman–Crippen LogP) is 2.05. The van der Waals surface area contributed by atoms with E-state index in [0.717, 1.165) is 12.1 Å². The minimum absolute atomic E-state index is 0.257. The molecule has 0 saturated carbocycles. The van der Waals surface area contributed by atoms with Crippen molar-refractivity contribution in [1.82, 2.24) is 14.7 Å². The summed E-state index contributed by atoms with van der Waals surface area (Å²) in [6, 6.07) is 11.1. The summed E-state index contributed by atoms with van der Waals surface area (Å²) < 4.78 is 7.08. The van der Waals surface area contributed by atoms with Crippen LogP contribution in [-0.2, 0) is 13.6 Å². The zero-order chi connectivity index (χ0) is 16.8. The van der Waals surface area contributed by atoms with Crippen molar-refractivity contribution in [1.29, 1.82) is 0 Å². The number of likely N-dealkylation sites (N-methyl/N-ethyl adjacent to an activating group) is 1. The summed E-state index contributed by atoms with van der Waals surface area (Å²) >= 11 is 0. The highest BCUT2D eigenvalue weighted by atomic mass is 16.5. The second kappa shape index (κ2) is 7.64. The minimum atomic E-state index is -1.03. The van der Waals surface area contributed by atoms with E-state index in [0.29, 0.717) is 18.3 Å². The minimum Gasteiger partial charge on any atom is -0.475 e. The van der Waals surface area contributed by atoms with Crippen molar-refractivity contribution < 1.29 is 14.6 Å². The number of carboxylic acid groups (broad SMARTS) is 1. The van der Waals surface area contributed by atoms with Gasteiger partial charge in [0.2, 0.25) is 5.88 Å². The van der Waals surface area contributed by atoms with Gasteiger partial charge in [-0.15, -0.1) is 5.10 Å². The van der Waals surface area contributed by atoms with Crippen LogP contribution in [-0.4, -0.2) is 53.1 Å². The van der Waals surface area contributed by atoms with Gasteiger partial charge in [0.15, 0.2) is 0 Å². The van der Waals surface area contributed by atoms with Crippen molar-refractivity contribution in [2.75, 3.05) is 32.1 Å². The molecule has 124 valence electrons. The first kappa shape index (κ1) is 16.8. The molecule has 1 heterocycles. The number of hydrogen-bond donors (Lipinski definition) is 1. The topological polar surface area (TPSA) is 70.8 Å². The summed E-state index contributed by atoms with van der Waals surface area (Å²) in [6.45, 7) is 1.51. The van der Waals surface area contributed by atoms with Crippen LogP contribution in [0.3, 0.4) is 0 Å². The maximum atomic E-state index is 11.6. The van der Waals surface area contributed by atoms with Crippen molar-refractivity contribution in [3.05, 3.63) is 42.0 Å². The third-order valence-corrected chi connectivity index (χ3v) is 3.31. The monoisotopic (exact) mass is 318 g/mol. The van der Waals surface area contributed by atoms with Crippen molar-refractivity contribution >= 4 is 11.9 Å². The van der Waals surface area contributed by atoms with Crippen LogP contribution in [0.5, 0.6) is 5.88 Å². The quantitative estimate of drug-likeness (QED) is 0.846. The zero-order valence-corrected chi connectivity index (χ0v) is 13.6. The number of rotatable bonds is 7. The average molecular weight is 318 g/mol. The number of anilines is 1. The first-order chi connectivity index (χ1) is 11.0. The summed E-state index contributed by atoms with van der Waals surface area (Å²) in [6.07, 6.45) is -1.03. The Morgan fingerprint density at radius 2 is 2.00 bits per heavy atom. The molecule has 23 heavy (non-hydrogen) atoms. The Kier molecular flexibility index (Phi) is 5.59. The van der Waals surface area contributed by atoms with E-state index < -0.39 is 6.09 Å². The van der Waals surface area contributed by atoms with Crippen LogP contribution in [0, 0.1) is 0 Å². The fourth-order valence-electron chi connectivity index (χ4n) is 2.10. The van der Waals surface area contributed by atoms with Crippen LogP contribution in [0.15, 0.2) is 36.4 Å². The van der Waals surface area contributed by atoms with Crippen molar-refractivity contribution in [3.8, 4) is 5.88 Å². The molecular formula is C16H22N4O3. The number of carbonyl (C=O) groups is 1. The first-order valence-electron chi connectivity index (χ1n) is 7.33. The number of hydrogen-bond acceptors (Lipinski definition) is 4. The van der Waals surface area contributed by atoms with Crippen LogP contribution in [0.4, 0.5) is 10.6 Å². The molecule has 7 nitrogen and oxygen atoms in total. The molecule has 0 fully saturated rings. The predicted molar refractivity (Wildman–Crippen MR) is 87.9 cm³/mol. The fourth-order valence-corrected chi connectivity index (χ4v) is 2.10. The number of benzene rings is 1. The van der Waals surface area contributed by atoms with E-state index in [4.69, 9.17) is 4.74 Å². The second-order valence-electron chi connectivity index (χ2n) is 5.47. The van der Waals surface area contributed by atoms with Crippen molar-refractivity contribution in [3.63, 3.8) is 0 Å². The normalized spacial score (nSPS) is 10.8. The largest absolute Gasteiger partial charge is 0.475 e. The number of aryl methyl sites for hydroxylation is 1. The third-order valence-electron chi connectivity index (χ3n) is 3.31. The lowest BCUT2D eigenvalue weighted by Crippen LogP contribution is -2.30. The highest BCUT2D eigenvalue weighted by Crippen LogP contribution is 2.22. The van der Waals surface area contributed by atoms with E-state index >= 15 is 0 Å². The molecule has 7 heteroatoms. The Bertz CT molecular complexity index is 640. The molecule has 0 unspecified atom stereocenters. The van der Waals surface area contributed by atoms with Crippen molar-refractivity contribution in [2.24, 2.45) is 7.05 Å². The van der Waals surface area contributed by atoms with Gasteiger partial charge in [-0.05, 0) is 19.7 Å². The number of nitrogens with zero attached hydrogens (tertiary/aromatic N) is 4. The summed E-state index contributed by atoms with van der Waals surface area (Å²) in [5.74, 6) is 0.893. The van der Waals surface area contributed by atoms with E-state index in [-0.39, 0.29) is 6.54 Å². The first-order valence-corrected chi connectivity index (χ1v) is 7.33. The fraction of sp³-hybridized carbons (Fsp3) is 0.375. The van der Waals surface area contributed by atoms with Gasteiger partial charge in [-0.25, -0.2) is 9.48 Å². The standard InChI is InChI=1S/C16H22N4O3/c1-18(2)9-10-23-14-11-15(19(3)17-14)20(16(21)22)12-13-7-5-4-6-8-13/h4-8,11H,9-10,12H2,1-3H3,(H,21,22).